The zero-order valence-corrected chi connectivity index (χ0v) is 13.6. The van der Waals surface area contributed by atoms with Gasteiger partial charge in [0.2, 0.25) is 0 Å². The van der Waals surface area contributed by atoms with Gasteiger partial charge >= 0.3 is 17.9 Å². The minimum Gasteiger partial charge on any atom is -0.458 e. The van der Waals surface area contributed by atoms with Crippen LogP contribution >= 0.6 is 0 Å². The monoisotopic (exact) mass is 322 g/mol. The van der Waals surface area contributed by atoms with Crippen LogP contribution in [0.2, 0.25) is 0 Å². The van der Waals surface area contributed by atoms with Gasteiger partial charge in [-0.1, -0.05) is 32.4 Å². The Labute approximate surface area is 136 Å². The van der Waals surface area contributed by atoms with Gasteiger partial charge in [0.25, 0.3) is 0 Å². The third-order valence-electron chi connectivity index (χ3n) is 2.47. The highest BCUT2D eigenvalue weighted by atomic mass is 16.6. The molecule has 6 heteroatoms. The first-order valence-corrected chi connectivity index (χ1v) is 6.84. The molecule has 0 aliphatic rings. The summed E-state index contributed by atoms with van der Waals surface area (Å²) in [6.07, 6.45) is 0.489. The van der Waals surface area contributed by atoms with Crippen molar-refractivity contribution in [1.82, 2.24) is 0 Å². The van der Waals surface area contributed by atoms with E-state index in [0.717, 1.165) is 0 Å². The van der Waals surface area contributed by atoms with Crippen molar-refractivity contribution in [2.45, 2.75) is 26.4 Å². The first-order chi connectivity index (χ1) is 10.7. The van der Waals surface area contributed by atoms with E-state index in [9.17, 15) is 14.4 Å². The van der Waals surface area contributed by atoms with Gasteiger partial charge in [-0.2, -0.15) is 0 Å². The molecular formula is C17H22O6. The van der Waals surface area contributed by atoms with Crippen LogP contribution in [0.4, 0.5) is 0 Å². The van der Waals surface area contributed by atoms with Crippen molar-refractivity contribution in [2.75, 3.05) is 13.2 Å². The van der Waals surface area contributed by atoms with E-state index >= 15 is 0 Å². The summed E-state index contributed by atoms with van der Waals surface area (Å²) < 4.78 is 14.9. The van der Waals surface area contributed by atoms with Crippen LogP contribution in [0, 0.1) is 0 Å². The molecule has 0 aliphatic heterocycles. The number of carbonyl (C=O) groups excluding carboxylic acids is 3. The molecule has 0 spiro atoms. The number of hydrogen-bond acceptors (Lipinski definition) is 6. The number of esters is 3. The van der Waals surface area contributed by atoms with Crippen LogP contribution in [0.25, 0.3) is 0 Å². The Bertz CT molecular complexity index is 529. The van der Waals surface area contributed by atoms with Gasteiger partial charge in [-0.15, -0.1) is 0 Å². The second-order valence-electron chi connectivity index (χ2n) is 4.88. The van der Waals surface area contributed by atoms with Crippen LogP contribution < -0.4 is 0 Å². The molecule has 0 aliphatic carbocycles. The molecular weight excluding hydrogens is 300 g/mol. The van der Waals surface area contributed by atoms with Crippen molar-refractivity contribution in [3.63, 3.8) is 0 Å². The standard InChI is InChI=1S/C17H22O6/c1-7-8-21-17(20)13(6)9-14(23-16(19)12(4)5)10-22-15(18)11(2)3/h7,14H,1-2,4,6,8-10H2,3,5H3. The van der Waals surface area contributed by atoms with Gasteiger partial charge in [-0.25, -0.2) is 14.4 Å². The largest absolute Gasteiger partial charge is 0.458 e. The highest BCUT2D eigenvalue weighted by Gasteiger charge is 2.22. The Morgan fingerprint density at radius 3 is 2.00 bits per heavy atom. The van der Waals surface area contributed by atoms with E-state index in [1.54, 1.807) is 0 Å². The average Bonchev–Trinajstić information content (AvgIpc) is 2.49. The molecule has 1 unspecified atom stereocenters. The van der Waals surface area contributed by atoms with Gasteiger partial charge in [0.15, 0.2) is 0 Å². The number of hydrogen-bond donors (Lipinski definition) is 0. The van der Waals surface area contributed by atoms with E-state index in [1.807, 2.05) is 0 Å². The van der Waals surface area contributed by atoms with Gasteiger partial charge in [0, 0.05) is 23.1 Å². The molecule has 23 heavy (non-hydrogen) atoms. The van der Waals surface area contributed by atoms with Crippen molar-refractivity contribution < 1.29 is 28.6 Å². The molecule has 0 bridgehead atoms. The fourth-order valence-corrected chi connectivity index (χ4v) is 1.27. The molecule has 0 saturated carbocycles. The summed E-state index contributed by atoms with van der Waals surface area (Å²) in [4.78, 5) is 34.7. The van der Waals surface area contributed by atoms with Gasteiger partial charge in [-0.3, -0.25) is 0 Å². The molecule has 0 saturated heterocycles. The maximum Gasteiger partial charge on any atom is 0.333 e. The summed E-state index contributed by atoms with van der Waals surface area (Å²) >= 11 is 0. The van der Waals surface area contributed by atoms with Crippen LogP contribution in [0.3, 0.4) is 0 Å². The Kier molecular flexibility index (Phi) is 8.99. The zero-order valence-electron chi connectivity index (χ0n) is 13.6. The molecule has 0 heterocycles. The third-order valence-corrected chi connectivity index (χ3v) is 2.47. The van der Waals surface area contributed by atoms with Crippen LogP contribution in [0.5, 0.6) is 0 Å². The second-order valence-corrected chi connectivity index (χ2v) is 4.88. The SMILES string of the molecule is C=CCOC(=O)C(=C)CC(COC(=O)C(=C)C)OC(=O)C(=C)C. The number of carbonyl (C=O) groups is 3. The first-order valence-electron chi connectivity index (χ1n) is 6.84. The second kappa shape index (κ2) is 10.2. The zero-order chi connectivity index (χ0) is 18.0. The van der Waals surface area contributed by atoms with Gasteiger partial charge < -0.3 is 14.2 Å². The van der Waals surface area contributed by atoms with Gasteiger partial charge in [0.05, 0.1) is 0 Å². The molecule has 0 aromatic carbocycles. The van der Waals surface area contributed by atoms with Crippen LogP contribution in [0.15, 0.2) is 49.1 Å². The van der Waals surface area contributed by atoms with Crippen molar-refractivity contribution in [2.24, 2.45) is 0 Å². The lowest BCUT2D eigenvalue weighted by Crippen LogP contribution is -2.27. The molecule has 0 amide bonds. The van der Waals surface area contributed by atoms with Gasteiger partial charge in [0.1, 0.15) is 19.3 Å². The Hall–Kier alpha value is -2.63. The van der Waals surface area contributed by atoms with Crippen LogP contribution in [0.1, 0.15) is 20.3 Å². The van der Waals surface area contributed by atoms with E-state index in [1.165, 1.54) is 19.9 Å². The molecule has 6 nitrogen and oxygen atoms in total. The minimum atomic E-state index is -0.883. The molecule has 0 N–H and O–H groups in total. The smallest absolute Gasteiger partial charge is 0.333 e. The lowest BCUT2D eigenvalue weighted by Gasteiger charge is -2.18. The molecule has 0 fully saturated rings. The van der Waals surface area contributed by atoms with Crippen molar-refractivity contribution in [1.29, 1.82) is 0 Å². The Morgan fingerprint density at radius 2 is 1.52 bits per heavy atom. The number of rotatable bonds is 10. The van der Waals surface area contributed by atoms with E-state index in [4.69, 9.17) is 14.2 Å². The summed E-state index contributed by atoms with van der Waals surface area (Å²) in [7, 11) is 0. The fourth-order valence-electron chi connectivity index (χ4n) is 1.27. The minimum absolute atomic E-state index is 0.0404. The topological polar surface area (TPSA) is 78.9 Å². The highest BCUT2D eigenvalue weighted by molar-refractivity contribution is 5.89. The summed E-state index contributed by atoms with van der Waals surface area (Å²) in [6, 6.07) is 0. The lowest BCUT2D eigenvalue weighted by atomic mass is 10.1. The maximum absolute atomic E-state index is 11.7. The fraction of sp³-hybridized carbons (Fsp3) is 0.353. The van der Waals surface area contributed by atoms with Crippen LogP contribution in [-0.2, 0) is 28.6 Å². The van der Waals surface area contributed by atoms with Crippen LogP contribution in [-0.4, -0.2) is 37.2 Å². The molecule has 0 rings (SSSR count). The summed E-state index contributed by atoms with van der Waals surface area (Å²) in [5.74, 6) is -1.93. The first kappa shape index (κ1) is 20.4. The summed E-state index contributed by atoms with van der Waals surface area (Å²) in [6.45, 7) is 16.7. The van der Waals surface area contributed by atoms with Crippen molar-refractivity contribution in [3.05, 3.63) is 49.1 Å². The Balaban J connectivity index is 4.79. The quantitative estimate of drug-likeness (QED) is 0.266. The summed E-state index contributed by atoms with van der Waals surface area (Å²) in [5.41, 5.74) is 0.470. The van der Waals surface area contributed by atoms with Gasteiger partial charge in [-0.05, 0) is 13.8 Å². The van der Waals surface area contributed by atoms with E-state index in [0.29, 0.717) is 0 Å². The normalized spacial score (nSPS) is 10.9. The summed E-state index contributed by atoms with van der Waals surface area (Å²) in [5, 5.41) is 0. The Morgan fingerprint density at radius 1 is 0.957 bits per heavy atom. The average molecular weight is 322 g/mol. The van der Waals surface area contributed by atoms with E-state index < -0.39 is 24.0 Å². The highest BCUT2D eigenvalue weighted by Crippen LogP contribution is 2.12. The maximum atomic E-state index is 11.7. The molecule has 126 valence electrons. The van der Waals surface area contributed by atoms with Crippen molar-refractivity contribution in [3.8, 4) is 0 Å². The van der Waals surface area contributed by atoms with Crippen molar-refractivity contribution >= 4 is 17.9 Å². The number of ether oxygens (including phenoxy) is 3. The van der Waals surface area contributed by atoms with E-state index in [-0.39, 0.29) is 36.4 Å². The molecule has 0 aromatic rings. The predicted octanol–water partition coefficient (Wildman–Crippen LogP) is 2.27. The van der Waals surface area contributed by atoms with E-state index in [2.05, 4.69) is 26.3 Å². The molecule has 0 aromatic heterocycles. The predicted molar refractivity (Wildman–Crippen MR) is 85.4 cm³/mol. The lowest BCUT2D eigenvalue weighted by molar-refractivity contribution is -0.154. The molecule has 1 atom stereocenters. The molecule has 0 radical (unpaired) electrons. The third kappa shape index (κ3) is 8.40.